The average molecular weight is 294 g/mol. The minimum absolute atomic E-state index is 0.0548. The third-order valence-electron chi connectivity index (χ3n) is 3.78. The summed E-state index contributed by atoms with van der Waals surface area (Å²) in [6.07, 6.45) is -0.583. The summed E-state index contributed by atoms with van der Waals surface area (Å²) in [6, 6.07) is 7.39. The molecule has 20 heavy (non-hydrogen) atoms. The van der Waals surface area contributed by atoms with Crippen molar-refractivity contribution in [3.05, 3.63) is 24.3 Å². The molecule has 1 aromatic rings. The van der Waals surface area contributed by atoms with E-state index in [9.17, 15) is 9.90 Å². The Hall–Kier alpha value is -1.40. The van der Waals surface area contributed by atoms with Crippen molar-refractivity contribution in [2.45, 2.75) is 23.7 Å². The number of aliphatic hydroxyl groups excluding tert-OH is 1. The number of carbonyl (C=O) groups excluding carboxylic acids is 1. The fourth-order valence-electron chi connectivity index (χ4n) is 2.69. The molecule has 0 bridgehead atoms. The second-order valence-electron chi connectivity index (χ2n) is 5.25. The first-order chi connectivity index (χ1) is 9.58. The number of nitrogens with two attached hydrogens (primary N) is 1. The number of para-hydroxylation sites is 2. The van der Waals surface area contributed by atoms with Crippen LogP contribution in [0.15, 0.2) is 24.3 Å². The second kappa shape index (κ2) is 5.18. The minimum atomic E-state index is -0.583. The van der Waals surface area contributed by atoms with Gasteiger partial charge in [0.05, 0.1) is 28.3 Å². The fourth-order valence-corrected chi connectivity index (χ4v) is 4.33. The van der Waals surface area contributed by atoms with E-state index >= 15 is 0 Å². The zero-order chi connectivity index (χ0) is 14.3. The van der Waals surface area contributed by atoms with Crippen LogP contribution < -0.4 is 10.5 Å². The summed E-state index contributed by atoms with van der Waals surface area (Å²) in [7, 11) is 0. The van der Waals surface area contributed by atoms with E-state index in [1.165, 1.54) is 0 Å². The van der Waals surface area contributed by atoms with E-state index in [1.807, 2.05) is 23.1 Å². The van der Waals surface area contributed by atoms with Crippen LogP contribution in [0.4, 0.5) is 5.69 Å². The lowest BCUT2D eigenvalue weighted by atomic mass is 9.93. The lowest BCUT2D eigenvalue weighted by Crippen LogP contribution is -2.60. The standard InChI is InChI=1S/C14H18N2O3S/c1-8(17)12-13(18)16-6-9(20-14(12)16)7-19-11-5-3-2-4-10(11)15/h2-5,8-9,12,14,17H,6-7,15H2,1H3/t8-,9?,12+,14-/m1/s1. The van der Waals surface area contributed by atoms with E-state index in [0.29, 0.717) is 24.6 Å². The Balaban J connectivity index is 1.57. The molecule has 108 valence electrons. The van der Waals surface area contributed by atoms with Crippen LogP contribution in [0, 0.1) is 5.92 Å². The SMILES string of the molecule is C[C@@H](O)[C@H]1C(=O)N2CC(COc3ccccc3N)S[C@H]12. The summed E-state index contributed by atoms with van der Waals surface area (Å²) < 4.78 is 5.73. The molecule has 1 amide bonds. The van der Waals surface area contributed by atoms with E-state index in [4.69, 9.17) is 10.5 Å². The van der Waals surface area contributed by atoms with Gasteiger partial charge in [0.2, 0.25) is 5.91 Å². The number of nitrogens with zero attached hydrogens (tertiary/aromatic N) is 1. The molecular weight excluding hydrogens is 276 g/mol. The van der Waals surface area contributed by atoms with Crippen molar-refractivity contribution in [2.75, 3.05) is 18.9 Å². The number of nitrogen functional groups attached to an aromatic ring is 1. The molecular formula is C14H18N2O3S. The molecule has 0 aliphatic carbocycles. The van der Waals surface area contributed by atoms with Gasteiger partial charge in [-0.3, -0.25) is 4.79 Å². The molecule has 4 atom stereocenters. The number of hydrogen-bond acceptors (Lipinski definition) is 5. The smallest absolute Gasteiger partial charge is 0.232 e. The highest BCUT2D eigenvalue weighted by molar-refractivity contribution is 8.00. The number of anilines is 1. The van der Waals surface area contributed by atoms with Gasteiger partial charge in [-0.1, -0.05) is 12.1 Å². The lowest BCUT2D eigenvalue weighted by Gasteiger charge is -2.42. The first-order valence-electron chi connectivity index (χ1n) is 6.69. The van der Waals surface area contributed by atoms with E-state index in [2.05, 4.69) is 0 Å². The molecule has 2 saturated heterocycles. The Bertz CT molecular complexity index is 523. The molecule has 3 rings (SSSR count). The number of benzene rings is 1. The highest BCUT2D eigenvalue weighted by Crippen LogP contribution is 2.45. The molecule has 0 spiro atoms. The lowest BCUT2D eigenvalue weighted by molar-refractivity contribution is -0.155. The first-order valence-corrected chi connectivity index (χ1v) is 7.63. The molecule has 2 aliphatic heterocycles. The second-order valence-corrected chi connectivity index (χ2v) is 6.68. The molecule has 1 aromatic carbocycles. The van der Waals surface area contributed by atoms with Crippen molar-refractivity contribution in [1.29, 1.82) is 0 Å². The number of amides is 1. The largest absolute Gasteiger partial charge is 0.490 e. The third kappa shape index (κ3) is 2.23. The van der Waals surface area contributed by atoms with Gasteiger partial charge in [-0.25, -0.2) is 0 Å². The van der Waals surface area contributed by atoms with Crippen LogP contribution in [0.2, 0.25) is 0 Å². The van der Waals surface area contributed by atoms with Crippen LogP contribution in [0.1, 0.15) is 6.92 Å². The molecule has 5 nitrogen and oxygen atoms in total. The number of hydrogen-bond donors (Lipinski definition) is 2. The third-order valence-corrected chi connectivity index (χ3v) is 5.27. The predicted molar refractivity (Wildman–Crippen MR) is 78.4 cm³/mol. The van der Waals surface area contributed by atoms with Crippen LogP contribution >= 0.6 is 11.8 Å². The molecule has 6 heteroatoms. The van der Waals surface area contributed by atoms with Crippen LogP contribution in [-0.2, 0) is 4.79 Å². The highest BCUT2D eigenvalue weighted by atomic mass is 32.2. The zero-order valence-electron chi connectivity index (χ0n) is 11.2. The quantitative estimate of drug-likeness (QED) is 0.638. The highest BCUT2D eigenvalue weighted by Gasteiger charge is 2.55. The minimum Gasteiger partial charge on any atom is -0.490 e. The monoisotopic (exact) mass is 294 g/mol. The summed E-state index contributed by atoms with van der Waals surface area (Å²) in [6.45, 7) is 2.88. The van der Waals surface area contributed by atoms with Crippen molar-refractivity contribution >= 4 is 23.4 Å². The molecule has 2 heterocycles. The van der Waals surface area contributed by atoms with Crippen molar-refractivity contribution < 1.29 is 14.6 Å². The van der Waals surface area contributed by atoms with Gasteiger partial charge in [0, 0.05) is 6.54 Å². The van der Waals surface area contributed by atoms with Crippen LogP contribution in [-0.4, -0.2) is 45.8 Å². The van der Waals surface area contributed by atoms with Gasteiger partial charge < -0.3 is 20.5 Å². The zero-order valence-corrected chi connectivity index (χ0v) is 12.0. The van der Waals surface area contributed by atoms with Gasteiger partial charge >= 0.3 is 0 Å². The van der Waals surface area contributed by atoms with Crippen molar-refractivity contribution in [2.24, 2.45) is 5.92 Å². The number of rotatable bonds is 4. The molecule has 0 radical (unpaired) electrons. The number of β-lactam (4-membered cyclic amide) rings is 1. The fraction of sp³-hybridized carbons (Fsp3) is 0.500. The van der Waals surface area contributed by atoms with Gasteiger partial charge in [0.15, 0.2) is 0 Å². The maximum Gasteiger partial charge on any atom is 0.232 e. The molecule has 3 N–H and O–H groups in total. The van der Waals surface area contributed by atoms with E-state index < -0.39 is 6.10 Å². The average Bonchev–Trinajstić information content (AvgIpc) is 2.76. The summed E-state index contributed by atoms with van der Waals surface area (Å²) in [5.41, 5.74) is 6.45. The molecule has 2 aliphatic rings. The topological polar surface area (TPSA) is 75.8 Å². The Morgan fingerprint density at radius 1 is 1.55 bits per heavy atom. The molecule has 1 unspecified atom stereocenters. The van der Waals surface area contributed by atoms with E-state index in [0.717, 1.165) is 0 Å². The number of fused-ring (bicyclic) bond motifs is 1. The molecule has 0 aromatic heterocycles. The summed E-state index contributed by atoms with van der Waals surface area (Å²) in [5, 5.41) is 9.94. The summed E-state index contributed by atoms with van der Waals surface area (Å²) in [5.74, 6) is 0.478. The van der Waals surface area contributed by atoms with E-state index in [1.54, 1.807) is 24.8 Å². The number of ether oxygens (including phenoxy) is 1. The van der Waals surface area contributed by atoms with Crippen LogP contribution in [0.3, 0.4) is 0 Å². The summed E-state index contributed by atoms with van der Waals surface area (Å²) in [4.78, 5) is 13.7. The van der Waals surface area contributed by atoms with Gasteiger partial charge in [-0.15, -0.1) is 11.8 Å². The van der Waals surface area contributed by atoms with Gasteiger partial charge in [0.1, 0.15) is 12.4 Å². The van der Waals surface area contributed by atoms with Gasteiger partial charge in [0.25, 0.3) is 0 Å². The number of aliphatic hydroxyl groups is 1. The van der Waals surface area contributed by atoms with E-state index in [-0.39, 0.29) is 22.4 Å². The Morgan fingerprint density at radius 2 is 2.30 bits per heavy atom. The van der Waals surface area contributed by atoms with Gasteiger partial charge in [-0.2, -0.15) is 0 Å². The van der Waals surface area contributed by atoms with Crippen molar-refractivity contribution in [3.8, 4) is 5.75 Å². The maximum absolute atomic E-state index is 11.9. The number of carbonyl (C=O) groups is 1. The Kier molecular flexibility index (Phi) is 3.52. The maximum atomic E-state index is 11.9. The van der Waals surface area contributed by atoms with Gasteiger partial charge in [-0.05, 0) is 19.1 Å². The normalized spacial score (nSPS) is 29.8. The first kappa shape index (κ1) is 13.6. The van der Waals surface area contributed by atoms with Crippen molar-refractivity contribution in [3.63, 3.8) is 0 Å². The molecule has 0 saturated carbocycles. The Labute approximate surface area is 122 Å². The van der Waals surface area contributed by atoms with Crippen LogP contribution in [0.5, 0.6) is 5.75 Å². The Morgan fingerprint density at radius 3 is 3.00 bits per heavy atom. The number of thioether (sulfide) groups is 1. The molecule has 2 fully saturated rings. The summed E-state index contributed by atoms with van der Waals surface area (Å²) >= 11 is 1.70. The predicted octanol–water partition coefficient (Wildman–Crippen LogP) is 0.928. The van der Waals surface area contributed by atoms with Crippen molar-refractivity contribution in [1.82, 2.24) is 4.90 Å². The van der Waals surface area contributed by atoms with Crippen LogP contribution in [0.25, 0.3) is 0 Å².